The molecule has 2 aliphatic rings. The maximum atomic E-state index is 12.8. The average Bonchev–Trinajstić information content (AvgIpc) is 3.45. The lowest BCUT2D eigenvalue weighted by Crippen LogP contribution is -2.47. The molecule has 4 heterocycles. The Balaban J connectivity index is 1.13. The fraction of sp³-hybridized carbons (Fsp3) is 0.400. The molecule has 43 heavy (non-hydrogen) atoms. The minimum atomic E-state index is -0.384. The van der Waals surface area contributed by atoms with Crippen LogP contribution in [-0.2, 0) is 11.3 Å². The maximum Gasteiger partial charge on any atom is 0.323 e. The summed E-state index contributed by atoms with van der Waals surface area (Å²) in [7, 11) is 2.06. The molecule has 1 atom stereocenters. The third kappa shape index (κ3) is 6.13. The van der Waals surface area contributed by atoms with Gasteiger partial charge in [0.1, 0.15) is 0 Å². The Morgan fingerprint density at radius 3 is 2.26 bits per heavy atom. The number of ether oxygens (including phenoxy) is 1. The molecule has 224 valence electrons. The lowest BCUT2D eigenvalue weighted by atomic mass is 10.1. The Bertz CT molecular complexity index is 1600. The largest absolute Gasteiger partial charge is 0.377 e. The van der Waals surface area contributed by atoms with E-state index < -0.39 is 0 Å². The first-order valence-electron chi connectivity index (χ1n) is 14.6. The number of fused-ring (bicyclic) bond motifs is 1. The van der Waals surface area contributed by atoms with Gasteiger partial charge in [-0.05, 0) is 69.4 Å². The predicted molar refractivity (Wildman–Crippen MR) is 164 cm³/mol. The van der Waals surface area contributed by atoms with E-state index in [2.05, 4.69) is 44.7 Å². The summed E-state index contributed by atoms with van der Waals surface area (Å²) in [4.78, 5) is 41.5. The van der Waals surface area contributed by atoms with Gasteiger partial charge < -0.3 is 30.1 Å². The molecule has 2 N–H and O–H groups in total. The molecule has 2 aromatic heterocycles. The second kappa shape index (κ2) is 12.3. The molecule has 0 bridgehead atoms. The lowest BCUT2D eigenvalue weighted by molar-refractivity contribution is 0.0664. The van der Waals surface area contributed by atoms with Crippen molar-refractivity contribution in [3.63, 3.8) is 0 Å². The van der Waals surface area contributed by atoms with E-state index in [9.17, 15) is 9.59 Å². The Morgan fingerprint density at radius 1 is 0.930 bits per heavy atom. The number of piperazine rings is 1. The minimum Gasteiger partial charge on any atom is -0.377 e. The first-order valence-corrected chi connectivity index (χ1v) is 14.6. The van der Waals surface area contributed by atoms with Gasteiger partial charge >= 0.3 is 6.03 Å². The summed E-state index contributed by atoms with van der Waals surface area (Å²) >= 11 is 0. The fourth-order valence-electron chi connectivity index (χ4n) is 5.31. The van der Waals surface area contributed by atoms with Crippen LogP contribution in [0.2, 0.25) is 0 Å². The third-order valence-corrected chi connectivity index (χ3v) is 7.86. The number of hydrogen-bond donors (Lipinski definition) is 2. The lowest BCUT2D eigenvalue weighted by Gasteiger charge is -2.34. The van der Waals surface area contributed by atoms with Gasteiger partial charge in [-0.1, -0.05) is 5.21 Å². The molecule has 3 amide bonds. The van der Waals surface area contributed by atoms with E-state index in [0.717, 1.165) is 24.5 Å². The Morgan fingerprint density at radius 2 is 1.60 bits per heavy atom. The van der Waals surface area contributed by atoms with Crippen LogP contribution in [0.25, 0.3) is 22.6 Å². The highest BCUT2D eigenvalue weighted by molar-refractivity contribution is 6.00. The Hall–Kier alpha value is -4.62. The molecule has 13 nitrogen and oxygen atoms in total. The highest BCUT2D eigenvalue weighted by atomic mass is 16.5. The van der Waals surface area contributed by atoms with Crippen LogP contribution in [0, 0.1) is 0 Å². The Labute approximate surface area is 249 Å². The van der Waals surface area contributed by atoms with Gasteiger partial charge in [0.15, 0.2) is 22.8 Å². The zero-order chi connectivity index (χ0) is 29.9. The first-order chi connectivity index (χ1) is 20.9. The monoisotopic (exact) mass is 584 g/mol. The van der Waals surface area contributed by atoms with E-state index in [4.69, 9.17) is 14.7 Å². The zero-order valence-electron chi connectivity index (χ0n) is 24.7. The second-order valence-electron chi connectivity index (χ2n) is 10.9. The van der Waals surface area contributed by atoms with Crippen LogP contribution in [0.4, 0.5) is 22.0 Å². The molecule has 0 saturated carbocycles. The SMILES string of the molecule is CCn1nnc2c(N3CCOC[C@@H]3C)nc(-c3ccc(NC(=O)Nc4ccc(C(=O)N5CCN(C)CC5)cc4)cc3)nc21. The number of benzene rings is 2. The van der Waals surface area contributed by atoms with Gasteiger partial charge in [-0.25, -0.2) is 19.4 Å². The molecule has 4 aromatic rings. The number of nitrogens with zero attached hydrogens (tertiary/aromatic N) is 8. The third-order valence-electron chi connectivity index (χ3n) is 7.86. The van der Waals surface area contributed by atoms with Gasteiger partial charge in [-0.15, -0.1) is 5.10 Å². The van der Waals surface area contributed by atoms with Crippen molar-refractivity contribution in [3.8, 4) is 11.4 Å². The number of hydrogen-bond acceptors (Lipinski definition) is 9. The number of urea groups is 1. The first kappa shape index (κ1) is 28.5. The second-order valence-corrected chi connectivity index (χ2v) is 10.9. The van der Waals surface area contributed by atoms with Crippen molar-refractivity contribution in [1.82, 2.24) is 34.8 Å². The molecule has 2 saturated heterocycles. The fourth-order valence-corrected chi connectivity index (χ4v) is 5.31. The molecule has 0 radical (unpaired) electrons. The van der Waals surface area contributed by atoms with Crippen molar-refractivity contribution in [2.45, 2.75) is 26.4 Å². The highest BCUT2D eigenvalue weighted by Crippen LogP contribution is 2.29. The summed E-state index contributed by atoms with van der Waals surface area (Å²) in [5.74, 6) is 1.31. The highest BCUT2D eigenvalue weighted by Gasteiger charge is 2.26. The predicted octanol–water partition coefficient (Wildman–Crippen LogP) is 3.16. The molecule has 2 fully saturated rings. The quantitative estimate of drug-likeness (QED) is 0.351. The molecule has 2 aliphatic heterocycles. The average molecular weight is 585 g/mol. The number of likely N-dealkylation sites (N-methyl/N-ethyl adjacent to an activating group) is 1. The van der Waals surface area contributed by atoms with Crippen LogP contribution in [0.5, 0.6) is 0 Å². The van der Waals surface area contributed by atoms with Crippen molar-refractivity contribution in [2.24, 2.45) is 0 Å². The summed E-state index contributed by atoms with van der Waals surface area (Å²) in [6.45, 7) is 9.84. The number of anilines is 3. The molecular weight excluding hydrogens is 548 g/mol. The zero-order valence-corrected chi connectivity index (χ0v) is 24.7. The van der Waals surface area contributed by atoms with Crippen LogP contribution < -0.4 is 15.5 Å². The number of nitrogens with one attached hydrogen (secondary N) is 2. The van der Waals surface area contributed by atoms with Crippen molar-refractivity contribution in [1.29, 1.82) is 0 Å². The number of aromatic nitrogens is 5. The van der Waals surface area contributed by atoms with E-state index in [1.165, 1.54) is 0 Å². The summed E-state index contributed by atoms with van der Waals surface area (Å²) < 4.78 is 7.40. The van der Waals surface area contributed by atoms with Crippen molar-refractivity contribution >= 4 is 40.3 Å². The number of carbonyl (C=O) groups is 2. The normalized spacial score (nSPS) is 17.7. The van der Waals surface area contributed by atoms with Crippen LogP contribution in [0.1, 0.15) is 24.2 Å². The summed E-state index contributed by atoms with van der Waals surface area (Å²) in [6.07, 6.45) is 0. The van der Waals surface area contributed by atoms with Crippen molar-refractivity contribution in [3.05, 3.63) is 54.1 Å². The molecule has 6 rings (SSSR count). The van der Waals surface area contributed by atoms with Crippen LogP contribution in [-0.4, -0.2) is 106 Å². The van der Waals surface area contributed by atoms with Crippen LogP contribution in [0.3, 0.4) is 0 Å². The smallest absolute Gasteiger partial charge is 0.323 e. The molecule has 13 heteroatoms. The summed E-state index contributed by atoms with van der Waals surface area (Å²) in [6, 6.07) is 14.1. The van der Waals surface area contributed by atoms with E-state index >= 15 is 0 Å². The minimum absolute atomic E-state index is 0.00862. The van der Waals surface area contributed by atoms with E-state index in [1.807, 2.05) is 36.1 Å². The molecule has 0 aliphatic carbocycles. The number of carbonyl (C=O) groups excluding carboxylic acids is 2. The van der Waals surface area contributed by atoms with Gasteiger partial charge in [0.05, 0.1) is 19.3 Å². The van der Waals surface area contributed by atoms with Crippen molar-refractivity contribution in [2.75, 3.05) is 68.5 Å². The molecular formula is C30H36N10O3. The van der Waals surface area contributed by atoms with Crippen LogP contribution in [0.15, 0.2) is 48.5 Å². The van der Waals surface area contributed by atoms with E-state index in [1.54, 1.807) is 28.9 Å². The topological polar surface area (TPSA) is 134 Å². The number of aryl methyl sites for hydroxylation is 1. The molecule has 0 unspecified atom stereocenters. The van der Waals surface area contributed by atoms with Gasteiger partial charge in [0, 0.05) is 61.8 Å². The van der Waals surface area contributed by atoms with Crippen molar-refractivity contribution < 1.29 is 14.3 Å². The molecule has 2 aromatic carbocycles. The maximum absolute atomic E-state index is 12.8. The van der Waals surface area contributed by atoms with E-state index in [-0.39, 0.29) is 18.0 Å². The number of rotatable bonds is 6. The Kier molecular flexibility index (Phi) is 8.16. The standard InChI is InChI=1S/C30H36N10O3/c1-4-40-28-25(35-36-40)27(39-17-18-43-19-20(39)2)33-26(34-28)21-5-9-23(10-6-21)31-30(42)32-24-11-7-22(8-12-24)29(41)38-15-13-37(3)14-16-38/h5-12,20H,4,13-19H2,1-3H3,(H2,31,32,42)/t20-/m0/s1. The molecule has 0 spiro atoms. The number of morpholine rings is 1. The number of amides is 3. The summed E-state index contributed by atoms with van der Waals surface area (Å²) in [5.41, 5.74) is 3.98. The van der Waals surface area contributed by atoms with Crippen LogP contribution >= 0.6 is 0 Å². The van der Waals surface area contributed by atoms with Gasteiger partial charge in [-0.2, -0.15) is 0 Å². The van der Waals surface area contributed by atoms with E-state index in [0.29, 0.717) is 73.3 Å². The van der Waals surface area contributed by atoms with Gasteiger partial charge in [0.2, 0.25) is 0 Å². The van der Waals surface area contributed by atoms with Gasteiger partial charge in [-0.3, -0.25) is 4.79 Å². The summed E-state index contributed by atoms with van der Waals surface area (Å²) in [5, 5.41) is 14.3. The van der Waals surface area contributed by atoms with Gasteiger partial charge in [0.25, 0.3) is 5.91 Å².